The minimum absolute atomic E-state index is 0.103. The Labute approximate surface area is 387 Å². The van der Waals surface area contributed by atoms with Crippen LogP contribution in [0.2, 0.25) is 13.1 Å². The van der Waals surface area contributed by atoms with Crippen molar-refractivity contribution in [1.29, 1.82) is 0 Å². The van der Waals surface area contributed by atoms with Gasteiger partial charge in [0, 0.05) is 0 Å². The summed E-state index contributed by atoms with van der Waals surface area (Å²) >= 11 is -5.94. The van der Waals surface area contributed by atoms with Gasteiger partial charge in [0.25, 0.3) is 0 Å². The molecule has 4 aromatic carbocycles. The van der Waals surface area contributed by atoms with Gasteiger partial charge in [0.15, 0.2) is 0 Å². The Hall–Kier alpha value is -2.80. The van der Waals surface area contributed by atoms with Crippen LogP contribution < -0.4 is 0 Å². The number of alkyl halides is 12. The van der Waals surface area contributed by atoms with Crippen LogP contribution in [0.5, 0.6) is 0 Å². The topological polar surface area (TPSA) is 0 Å². The third kappa shape index (κ3) is 9.21. The first-order chi connectivity index (χ1) is 30.2. The second-order valence-corrected chi connectivity index (χ2v) is 61.6. The van der Waals surface area contributed by atoms with Crippen molar-refractivity contribution in [2.45, 2.75) is 125 Å². The van der Waals surface area contributed by atoms with E-state index in [2.05, 4.69) is 0 Å². The van der Waals surface area contributed by atoms with E-state index in [9.17, 15) is 52.7 Å². The van der Waals surface area contributed by atoms with Gasteiger partial charge in [0.2, 0.25) is 0 Å². The molecule has 0 aromatic heterocycles. The van der Waals surface area contributed by atoms with Crippen molar-refractivity contribution in [3.05, 3.63) is 127 Å². The summed E-state index contributed by atoms with van der Waals surface area (Å²) in [5, 5.41) is 0. The molecule has 0 fully saturated rings. The fourth-order valence-electron chi connectivity index (χ4n) is 10.2. The summed E-state index contributed by atoms with van der Waals surface area (Å²) in [6, 6.07) is 10.3. The van der Waals surface area contributed by atoms with Gasteiger partial charge >= 0.3 is 390 Å². The first kappa shape index (κ1) is 52.6. The van der Waals surface area contributed by atoms with Crippen LogP contribution in [-0.4, -0.2) is 5.92 Å². The molecule has 0 radical (unpaired) electrons. The molecule has 0 N–H and O–H groups in total. The Balaban J connectivity index is 1.75. The SMILES string of the molecule is CCC(C)C1=Cc2c(ccc(C(C)C)c2-c2cc(C(F)(F)F)cc(C(F)(F)F)c2)[CH]1[Zr]([Cl])([Cl])([CH]1C(C(C)CC)=Cc2c1ccc(C(C)C)c2-c1cc(C(F)(F)F)cc(C(F)(F)F)c1)[SiH](C)C. The summed E-state index contributed by atoms with van der Waals surface area (Å²) in [7, 11) is 17.4. The van der Waals surface area contributed by atoms with Crippen LogP contribution in [0.4, 0.5) is 52.7 Å². The van der Waals surface area contributed by atoms with Crippen LogP contribution >= 0.6 is 17.0 Å². The molecule has 0 spiro atoms. The van der Waals surface area contributed by atoms with Gasteiger partial charge < -0.3 is 0 Å². The maximum absolute atomic E-state index is 14.4. The van der Waals surface area contributed by atoms with E-state index >= 15 is 0 Å². The van der Waals surface area contributed by atoms with E-state index in [0.29, 0.717) is 46.2 Å². The van der Waals surface area contributed by atoms with Crippen molar-refractivity contribution < 1.29 is 68.2 Å². The van der Waals surface area contributed by atoms with E-state index in [1.54, 1.807) is 39.8 Å². The molecular weight excluding hydrogens is 1020 g/mol. The van der Waals surface area contributed by atoms with Gasteiger partial charge in [-0.2, -0.15) is 0 Å². The molecule has 0 heterocycles. The summed E-state index contributed by atoms with van der Waals surface area (Å²) in [6.07, 6.45) is -15.6. The Morgan fingerprint density at radius 3 is 1.02 bits per heavy atom. The fourth-order valence-corrected chi connectivity index (χ4v) is 41.4. The van der Waals surface area contributed by atoms with Crippen LogP contribution in [0.25, 0.3) is 34.4 Å². The van der Waals surface area contributed by atoms with E-state index < -0.39 is 75.7 Å². The first-order valence-corrected chi connectivity index (χ1v) is 38.4. The summed E-state index contributed by atoms with van der Waals surface area (Å²) < 4.78 is 172. The number of benzene rings is 4. The van der Waals surface area contributed by atoms with E-state index in [0.717, 1.165) is 35.4 Å². The normalized spacial score (nSPS) is 18.6. The number of allylic oxidation sites excluding steroid dienone is 2. The number of rotatable bonds is 11. The van der Waals surface area contributed by atoms with Gasteiger partial charge in [-0.05, 0) is 0 Å². The standard InChI is InChI=1S/2C24H23F6.C2H7Si.2ClH.Zr/c2*1-5-14(4)16-8-15-6-7-20(13(2)3)22(21(15)11-16)17-9-18(23(25,26)27)12-19(10-17)24(28,29)30;1-3-2;;;/h2*6-14H,5H2,1-4H3;3H,1-2H3;2*1H;/q;;;;;+2/p-2. The molecule has 0 saturated carbocycles. The molecule has 0 saturated heterocycles. The fraction of sp³-hybridized carbons (Fsp3) is 0.440. The molecule has 66 heavy (non-hydrogen) atoms. The monoisotopic (exact) mass is 1070 g/mol. The molecule has 4 aromatic rings. The summed E-state index contributed by atoms with van der Waals surface area (Å²) in [5.41, 5.74) is -1.34. The predicted octanol–water partition coefficient (Wildman–Crippen LogP) is 19.0. The molecule has 6 rings (SSSR count). The molecule has 16 heteroatoms. The van der Waals surface area contributed by atoms with E-state index in [4.69, 9.17) is 17.0 Å². The van der Waals surface area contributed by atoms with Gasteiger partial charge in [0.05, 0.1) is 0 Å². The molecule has 0 aliphatic heterocycles. The number of halogens is 14. The molecule has 2 aliphatic carbocycles. The molecule has 0 amide bonds. The third-order valence-electron chi connectivity index (χ3n) is 14.1. The van der Waals surface area contributed by atoms with Crippen LogP contribution in [0.3, 0.4) is 0 Å². The summed E-state index contributed by atoms with van der Waals surface area (Å²) in [6.45, 7) is 19.1. The third-order valence-corrected chi connectivity index (χ3v) is 65.8. The zero-order valence-corrected chi connectivity index (χ0v) is 43.3. The van der Waals surface area contributed by atoms with Crippen LogP contribution in [0.15, 0.2) is 71.8 Å². The zero-order valence-electron chi connectivity index (χ0n) is 38.2. The Kier molecular flexibility index (Phi) is 14.2. The van der Waals surface area contributed by atoms with Crippen molar-refractivity contribution in [2.75, 3.05) is 0 Å². The van der Waals surface area contributed by atoms with Crippen molar-refractivity contribution >= 4 is 35.1 Å². The molecule has 359 valence electrons. The van der Waals surface area contributed by atoms with E-state index in [1.165, 1.54) is 0 Å². The molecule has 2 aliphatic rings. The first-order valence-electron chi connectivity index (χ1n) is 22.1. The van der Waals surface area contributed by atoms with Crippen LogP contribution in [0, 0.1) is 11.8 Å². The van der Waals surface area contributed by atoms with Crippen LogP contribution in [0.1, 0.15) is 143 Å². The molecule has 0 nitrogen and oxygen atoms in total. The average molecular weight is 1070 g/mol. The molecule has 4 unspecified atom stereocenters. The number of fused-ring (bicyclic) bond motifs is 2. The van der Waals surface area contributed by atoms with Crippen molar-refractivity contribution in [3.8, 4) is 22.3 Å². The number of hydrogen-bond donors (Lipinski definition) is 0. The van der Waals surface area contributed by atoms with E-state index in [1.807, 2.05) is 65.1 Å². The van der Waals surface area contributed by atoms with Crippen molar-refractivity contribution in [1.82, 2.24) is 0 Å². The second-order valence-electron chi connectivity index (χ2n) is 19.1. The van der Waals surface area contributed by atoms with Gasteiger partial charge in [-0.1, -0.05) is 0 Å². The zero-order chi connectivity index (χ0) is 49.6. The van der Waals surface area contributed by atoms with Gasteiger partial charge in [-0.25, -0.2) is 0 Å². The Morgan fingerprint density at radius 1 is 0.500 bits per heavy atom. The van der Waals surface area contributed by atoms with E-state index in [-0.39, 0.29) is 58.1 Å². The maximum atomic E-state index is 14.4. The molecular formula is C50H53Cl2F12SiZr. The summed E-state index contributed by atoms with van der Waals surface area (Å²) in [5.74, 6) is -3.60. The van der Waals surface area contributed by atoms with Gasteiger partial charge in [-0.15, -0.1) is 0 Å². The van der Waals surface area contributed by atoms with Crippen molar-refractivity contribution in [2.24, 2.45) is 11.8 Å². The summed E-state index contributed by atoms with van der Waals surface area (Å²) in [4.78, 5) is 0. The van der Waals surface area contributed by atoms with Gasteiger partial charge in [-0.3, -0.25) is 0 Å². The quantitative estimate of drug-likeness (QED) is 0.104. The van der Waals surface area contributed by atoms with Crippen molar-refractivity contribution in [3.63, 3.8) is 0 Å². The average Bonchev–Trinajstić information content (AvgIpc) is 3.82. The number of hydrogen-bond acceptors (Lipinski definition) is 0. The van der Waals surface area contributed by atoms with Crippen LogP contribution in [-0.2, 0) is 40.3 Å². The Bertz CT molecular complexity index is 2360. The predicted molar refractivity (Wildman–Crippen MR) is 243 cm³/mol. The van der Waals surface area contributed by atoms with Gasteiger partial charge in [0.1, 0.15) is 0 Å². The molecule has 4 atom stereocenters. The molecule has 0 bridgehead atoms. The minimum atomic E-state index is -5.94. The Morgan fingerprint density at radius 2 is 0.788 bits per heavy atom. The second kappa shape index (κ2) is 17.9.